The number of fused-ring (bicyclic) bond motifs is 1. The number of hydrogen-bond donors (Lipinski definition) is 7. The Morgan fingerprint density at radius 3 is 2.39 bits per heavy atom. The Labute approximate surface area is 219 Å². The van der Waals surface area contributed by atoms with E-state index in [9.17, 15) is 29.1 Å². The predicted octanol–water partition coefficient (Wildman–Crippen LogP) is 0.517. The fraction of sp³-hybridized carbons (Fsp3) is 0.353. The normalized spacial score (nSPS) is 25.2. The van der Waals surface area contributed by atoms with Crippen LogP contribution in [0.4, 0.5) is 5.82 Å². The van der Waals surface area contributed by atoms with Crippen molar-refractivity contribution in [1.82, 2.24) is 19.5 Å². The van der Waals surface area contributed by atoms with Crippen molar-refractivity contribution in [2.45, 2.75) is 31.1 Å². The Balaban J connectivity index is 1.44. The Hall–Kier alpha value is -1.72. The number of aromatic nitrogens is 4. The molecule has 6 atom stereocenters. The van der Waals surface area contributed by atoms with Crippen LogP contribution in [0.1, 0.15) is 11.8 Å². The molecule has 1 aromatic carbocycles. The van der Waals surface area contributed by atoms with Gasteiger partial charge in [0, 0.05) is 6.54 Å². The predicted molar refractivity (Wildman–Crippen MR) is 132 cm³/mol. The first-order chi connectivity index (χ1) is 17.7. The fourth-order valence-electron chi connectivity index (χ4n) is 3.52. The van der Waals surface area contributed by atoms with Crippen molar-refractivity contribution >= 4 is 51.2 Å². The molecule has 3 aromatic rings. The smallest absolute Gasteiger partial charge is 0.387 e. The number of nitrogens with zero attached hydrogens (tertiary/aromatic N) is 4. The number of anilines is 1. The minimum absolute atomic E-state index is 0.242. The molecule has 38 heavy (non-hydrogen) atoms. The van der Waals surface area contributed by atoms with Gasteiger partial charge in [-0.25, -0.2) is 28.4 Å². The summed E-state index contributed by atoms with van der Waals surface area (Å²) in [5.74, 6) is 0.399. The second-order valence-corrected chi connectivity index (χ2v) is 13.7. The molecule has 7 N–H and O–H groups in total. The van der Waals surface area contributed by atoms with Crippen LogP contribution in [0.2, 0.25) is 0 Å². The topological polar surface area (TPSA) is 248 Å². The number of imidazole rings is 1. The average Bonchev–Trinajstić information content (AvgIpc) is 3.36. The van der Waals surface area contributed by atoms with Gasteiger partial charge in [0.15, 0.2) is 23.2 Å². The van der Waals surface area contributed by atoms with Crippen molar-refractivity contribution in [3.05, 3.63) is 48.5 Å². The second kappa shape index (κ2) is 11.4. The average molecular weight is 613 g/mol. The lowest BCUT2D eigenvalue weighted by atomic mass is 10.1. The zero-order chi connectivity index (χ0) is 27.7. The van der Waals surface area contributed by atoms with Crippen LogP contribution in [0.3, 0.4) is 0 Å². The Morgan fingerprint density at radius 1 is 1.00 bits per heavy atom. The number of rotatable bonds is 11. The molecule has 1 fully saturated rings. The van der Waals surface area contributed by atoms with Gasteiger partial charge in [0.05, 0.1) is 12.9 Å². The summed E-state index contributed by atoms with van der Waals surface area (Å²) in [4.78, 5) is 49.5. The van der Waals surface area contributed by atoms with Crippen molar-refractivity contribution in [3.8, 4) is 0 Å². The van der Waals surface area contributed by atoms with Gasteiger partial charge in [-0.3, -0.25) is 9.09 Å². The van der Waals surface area contributed by atoms with E-state index < -0.39 is 53.5 Å². The third-order valence-electron chi connectivity index (χ3n) is 5.09. The molecule has 0 amide bonds. The van der Waals surface area contributed by atoms with Gasteiger partial charge < -0.3 is 39.8 Å². The second-order valence-electron chi connectivity index (χ2n) is 7.82. The monoisotopic (exact) mass is 613 g/mol. The van der Waals surface area contributed by atoms with E-state index in [0.29, 0.717) is 17.9 Å². The lowest BCUT2D eigenvalue weighted by molar-refractivity contribution is -0.0503. The number of ether oxygens (including phenoxy) is 1. The molecule has 2 aromatic heterocycles. The number of phosphoric acid groups is 2. The van der Waals surface area contributed by atoms with E-state index >= 15 is 0 Å². The molecule has 6 unspecified atom stereocenters. The highest BCUT2D eigenvalue weighted by Crippen LogP contribution is 2.66. The van der Waals surface area contributed by atoms with E-state index in [1.54, 1.807) is 0 Å². The minimum Gasteiger partial charge on any atom is -0.387 e. The maximum atomic E-state index is 12.0. The Kier molecular flexibility index (Phi) is 8.79. The maximum Gasteiger partial charge on any atom is 0.488 e. The molecule has 1 aliphatic rings. The molecular formula is C17H22N5O12P3S. The van der Waals surface area contributed by atoms with Gasteiger partial charge in [0.1, 0.15) is 24.6 Å². The lowest BCUT2D eigenvalue weighted by Crippen LogP contribution is -2.33. The van der Waals surface area contributed by atoms with Gasteiger partial charge in [-0.05, 0) is 17.4 Å². The number of nitrogens with one attached hydrogen (secondary N) is 1. The van der Waals surface area contributed by atoms with Crippen LogP contribution in [0.25, 0.3) is 11.2 Å². The quantitative estimate of drug-likeness (QED) is 0.146. The fourth-order valence-corrected chi connectivity index (χ4v) is 7.30. The highest BCUT2D eigenvalue weighted by Gasteiger charge is 2.46. The number of aliphatic hydroxyl groups is 2. The first-order valence-electron chi connectivity index (χ1n) is 10.5. The van der Waals surface area contributed by atoms with E-state index in [4.69, 9.17) is 14.5 Å². The highest BCUT2D eigenvalue weighted by atomic mass is 32.5. The molecule has 1 aliphatic heterocycles. The van der Waals surface area contributed by atoms with Crippen LogP contribution in [0.15, 0.2) is 43.0 Å². The largest absolute Gasteiger partial charge is 0.488 e. The van der Waals surface area contributed by atoms with Crippen molar-refractivity contribution < 1.29 is 56.8 Å². The first kappa shape index (κ1) is 29.3. The van der Waals surface area contributed by atoms with Crippen LogP contribution in [-0.2, 0) is 45.4 Å². The first-order valence-corrected chi connectivity index (χ1v) is 16.1. The van der Waals surface area contributed by atoms with E-state index in [1.165, 1.54) is 17.2 Å². The molecule has 208 valence electrons. The molecule has 17 nitrogen and oxygen atoms in total. The molecule has 1 saturated heterocycles. The molecular weight excluding hydrogens is 591 g/mol. The van der Waals surface area contributed by atoms with E-state index in [1.807, 2.05) is 30.3 Å². The van der Waals surface area contributed by atoms with Crippen LogP contribution < -0.4 is 5.32 Å². The molecule has 3 heterocycles. The Morgan fingerprint density at radius 2 is 1.71 bits per heavy atom. The third kappa shape index (κ3) is 7.27. The summed E-state index contributed by atoms with van der Waals surface area (Å²) < 4.78 is 42.9. The summed E-state index contributed by atoms with van der Waals surface area (Å²) in [7, 11) is -10.9. The van der Waals surface area contributed by atoms with Crippen LogP contribution in [0.5, 0.6) is 0 Å². The molecule has 0 bridgehead atoms. The van der Waals surface area contributed by atoms with Gasteiger partial charge in [0.2, 0.25) is 0 Å². The van der Waals surface area contributed by atoms with E-state index in [2.05, 4.69) is 45.2 Å². The lowest BCUT2D eigenvalue weighted by Gasteiger charge is -2.19. The number of hydrogen-bond acceptors (Lipinski definition) is 13. The zero-order valence-electron chi connectivity index (χ0n) is 18.9. The summed E-state index contributed by atoms with van der Waals surface area (Å²) in [5, 5.41) is 24.1. The van der Waals surface area contributed by atoms with Crippen molar-refractivity contribution in [2.24, 2.45) is 0 Å². The summed E-state index contributed by atoms with van der Waals surface area (Å²) in [6.07, 6.45) is -3.34. The molecule has 0 radical (unpaired) electrons. The van der Waals surface area contributed by atoms with Crippen molar-refractivity contribution in [2.75, 3.05) is 11.9 Å². The molecule has 0 aliphatic carbocycles. The van der Waals surface area contributed by atoms with Crippen LogP contribution in [0, 0.1) is 0 Å². The SMILES string of the molecule is O=P(O)(OCC1OC(n2cnc3c(NCc4ccccc4)ncnc32)C(O)C1O)OP(=O)(O)OP(O)(O)=S. The highest BCUT2D eigenvalue weighted by molar-refractivity contribution is 8.08. The number of benzene rings is 1. The van der Waals surface area contributed by atoms with Crippen molar-refractivity contribution in [1.29, 1.82) is 0 Å². The summed E-state index contributed by atoms with van der Waals surface area (Å²) in [6, 6.07) is 9.51. The zero-order valence-corrected chi connectivity index (χ0v) is 22.4. The standard InChI is InChI=1S/C17H22N5O12P3S/c23-13-11(7-31-35(25,26)33-36(27,28)34-37(29,30)38)32-17(14(13)24)22-9-21-12-15(19-8-20-16(12)22)18-6-10-4-2-1-3-5-10/h1-5,8-9,11,13-14,17,23-24H,6-7H2,(H,25,26)(H,27,28)(H,18,19,20)(H2,29,30,38). The van der Waals surface area contributed by atoms with E-state index in [0.717, 1.165) is 5.56 Å². The molecule has 21 heteroatoms. The summed E-state index contributed by atoms with van der Waals surface area (Å²) >= 11 is 4.01. The molecule has 4 rings (SSSR count). The summed E-state index contributed by atoms with van der Waals surface area (Å²) in [6.45, 7) is -5.18. The number of phosphoric ester groups is 1. The van der Waals surface area contributed by atoms with Crippen molar-refractivity contribution in [3.63, 3.8) is 0 Å². The number of aliphatic hydroxyl groups excluding tert-OH is 2. The Bertz CT molecular complexity index is 1420. The summed E-state index contributed by atoms with van der Waals surface area (Å²) in [5.41, 5.74) is 1.58. The molecule has 0 spiro atoms. The van der Waals surface area contributed by atoms with Crippen LogP contribution in [-0.4, -0.2) is 74.2 Å². The van der Waals surface area contributed by atoms with Gasteiger partial charge in [-0.15, -0.1) is 0 Å². The van der Waals surface area contributed by atoms with Crippen LogP contribution >= 0.6 is 22.4 Å². The van der Waals surface area contributed by atoms with Gasteiger partial charge in [-0.1, -0.05) is 30.3 Å². The van der Waals surface area contributed by atoms with E-state index in [-0.39, 0.29) is 5.65 Å². The minimum atomic E-state index is -5.51. The molecule has 0 saturated carbocycles. The van der Waals surface area contributed by atoms with Gasteiger partial charge in [0.25, 0.3) is 0 Å². The third-order valence-corrected chi connectivity index (χ3v) is 9.49. The van der Waals surface area contributed by atoms with Gasteiger partial charge >= 0.3 is 22.4 Å². The van der Waals surface area contributed by atoms with Gasteiger partial charge in [-0.2, -0.15) is 4.31 Å². The maximum absolute atomic E-state index is 12.0.